The van der Waals surface area contributed by atoms with Gasteiger partial charge in [-0.25, -0.2) is 4.98 Å². The van der Waals surface area contributed by atoms with Crippen molar-refractivity contribution < 1.29 is 9.84 Å². The van der Waals surface area contributed by atoms with Crippen molar-refractivity contribution >= 4 is 11.8 Å². The summed E-state index contributed by atoms with van der Waals surface area (Å²) in [6, 6.07) is 7.23. The lowest BCUT2D eigenvalue weighted by molar-refractivity contribution is 0.206. The van der Waals surface area contributed by atoms with E-state index in [-0.39, 0.29) is 5.75 Å². The second kappa shape index (κ2) is 6.42. The number of hydrogen-bond acceptors (Lipinski definition) is 6. The van der Waals surface area contributed by atoms with E-state index in [1.54, 1.807) is 19.2 Å². The lowest BCUT2D eigenvalue weighted by Gasteiger charge is -2.20. The fraction of sp³-hybridized carbons (Fsp3) is 0.412. The highest BCUT2D eigenvalue weighted by atomic mass is 16.5. The SMILES string of the molecule is COCCN(C)c1nc(-c2cccc(O)c2)c2c(n1)N(C)CC2. The Bertz CT molecular complexity index is 705. The summed E-state index contributed by atoms with van der Waals surface area (Å²) in [6.07, 6.45) is 0.916. The summed E-state index contributed by atoms with van der Waals surface area (Å²) in [5.74, 6) is 1.89. The van der Waals surface area contributed by atoms with Gasteiger partial charge in [0.15, 0.2) is 0 Å². The maximum Gasteiger partial charge on any atom is 0.227 e. The quantitative estimate of drug-likeness (QED) is 0.910. The summed E-state index contributed by atoms with van der Waals surface area (Å²) in [7, 11) is 5.69. The summed E-state index contributed by atoms with van der Waals surface area (Å²) in [6.45, 7) is 2.27. The average Bonchev–Trinajstić information content (AvgIpc) is 2.93. The maximum atomic E-state index is 9.79. The lowest BCUT2D eigenvalue weighted by Crippen LogP contribution is -2.25. The molecular weight excluding hydrogens is 292 g/mol. The Morgan fingerprint density at radius 2 is 2.17 bits per heavy atom. The first kappa shape index (κ1) is 15.6. The summed E-state index contributed by atoms with van der Waals surface area (Å²) < 4.78 is 5.14. The van der Waals surface area contributed by atoms with Gasteiger partial charge in [-0.15, -0.1) is 0 Å². The standard InChI is InChI=1S/C17H22N4O2/c1-20-8-7-14-15(12-5-4-6-13(22)11-12)18-17(19-16(14)20)21(2)9-10-23-3/h4-6,11,22H,7-10H2,1-3H3. The van der Waals surface area contributed by atoms with Gasteiger partial charge in [0, 0.05) is 45.4 Å². The molecule has 0 radical (unpaired) electrons. The summed E-state index contributed by atoms with van der Waals surface area (Å²) in [4.78, 5) is 13.6. The molecule has 0 amide bonds. The largest absolute Gasteiger partial charge is 0.508 e. The van der Waals surface area contributed by atoms with Crippen molar-refractivity contribution in [3.05, 3.63) is 29.8 Å². The van der Waals surface area contributed by atoms with Gasteiger partial charge in [-0.05, 0) is 18.6 Å². The van der Waals surface area contributed by atoms with Crippen LogP contribution >= 0.6 is 0 Å². The number of rotatable bonds is 5. The summed E-state index contributed by atoms with van der Waals surface area (Å²) in [5, 5.41) is 9.79. The second-order valence-electron chi connectivity index (χ2n) is 5.81. The van der Waals surface area contributed by atoms with E-state index in [0.717, 1.165) is 42.1 Å². The monoisotopic (exact) mass is 314 g/mol. The van der Waals surface area contributed by atoms with E-state index >= 15 is 0 Å². The van der Waals surface area contributed by atoms with Crippen LogP contribution in [0, 0.1) is 0 Å². The number of phenols is 1. The van der Waals surface area contributed by atoms with Crippen LogP contribution in [-0.4, -0.2) is 56.0 Å². The first-order valence-corrected chi connectivity index (χ1v) is 7.71. The van der Waals surface area contributed by atoms with Crippen LogP contribution in [0.1, 0.15) is 5.56 Å². The highest BCUT2D eigenvalue weighted by Gasteiger charge is 2.25. The van der Waals surface area contributed by atoms with E-state index in [1.807, 2.05) is 31.1 Å². The van der Waals surface area contributed by atoms with Crippen molar-refractivity contribution in [3.8, 4) is 17.0 Å². The van der Waals surface area contributed by atoms with Gasteiger partial charge in [-0.1, -0.05) is 12.1 Å². The number of methoxy groups -OCH3 is 1. The van der Waals surface area contributed by atoms with Crippen molar-refractivity contribution in [2.24, 2.45) is 0 Å². The molecule has 0 unspecified atom stereocenters. The van der Waals surface area contributed by atoms with Crippen LogP contribution in [0.15, 0.2) is 24.3 Å². The minimum atomic E-state index is 0.246. The van der Waals surface area contributed by atoms with Crippen LogP contribution in [0.4, 0.5) is 11.8 Å². The Morgan fingerprint density at radius 1 is 1.35 bits per heavy atom. The molecular formula is C17H22N4O2. The van der Waals surface area contributed by atoms with Crippen LogP contribution in [0.3, 0.4) is 0 Å². The van der Waals surface area contributed by atoms with Crippen molar-refractivity contribution in [2.45, 2.75) is 6.42 Å². The maximum absolute atomic E-state index is 9.79. The normalized spacial score (nSPS) is 13.3. The van der Waals surface area contributed by atoms with E-state index in [2.05, 4.69) is 4.90 Å². The molecule has 1 N–H and O–H groups in total. The van der Waals surface area contributed by atoms with Gasteiger partial charge in [0.05, 0.1) is 12.3 Å². The lowest BCUT2D eigenvalue weighted by atomic mass is 10.1. The number of nitrogens with zero attached hydrogens (tertiary/aromatic N) is 4. The molecule has 0 spiro atoms. The van der Waals surface area contributed by atoms with Gasteiger partial charge in [0.2, 0.25) is 5.95 Å². The van der Waals surface area contributed by atoms with Crippen molar-refractivity contribution in [1.82, 2.24) is 9.97 Å². The molecule has 6 heteroatoms. The molecule has 0 fully saturated rings. The number of hydrogen-bond donors (Lipinski definition) is 1. The molecule has 1 aromatic carbocycles. The van der Waals surface area contributed by atoms with Gasteiger partial charge in [-0.2, -0.15) is 4.98 Å². The Balaban J connectivity index is 2.07. The van der Waals surface area contributed by atoms with E-state index in [0.29, 0.717) is 12.6 Å². The molecule has 0 saturated heterocycles. The number of anilines is 2. The Morgan fingerprint density at radius 3 is 2.91 bits per heavy atom. The third-order valence-corrected chi connectivity index (χ3v) is 4.12. The molecule has 122 valence electrons. The number of aromatic hydroxyl groups is 1. The Kier molecular flexibility index (Phi) is 4.34. The highest BCUT2D eigenvalue weighted by molar-refractivity contribution is 5.73. The van der Waals surface area contributed by atoms with Crippen LogP contribution in [0.25, 0.3) is 11.3 Å². The fourth-order valence-corrected chi connectivity index (χ4v) is 2.78. The minimum absolute atomic E-state index is 0.246. The molecule has 0 aliphatic carbocycles. The zero-order valence-electron chi connectivity index (χ0n) is 13.8. The van der Waals surface area contributed by atoms with Gasteiger partial charge in [0.25, 0.3) is 0 Å². The Hall–Kier alpha value is -2.34. The van der Waals surface area contributed by atoms with Crippen molar-refractivity contribution in [2.75, 3.05) is 50.7 Å². The molecule has 2 heterocycles. The molecule has 23 heavy (non-hydrogen) atoms. The third kappa shape index (κ3) is 3.07. The number of fused-ring (bicyclic) bond motifs is 1. The van der Waals surface area contributed by atoms with E-state index in [4.69, 9.17) is 14.7 Å². The zero-order valence-corrected chi connectivity index (χ0v) is 13.8. The minimum Gasteiger partial charge on any atom is -0.508 e. The van der Waals surface area contributed by atoms with E-state index in [1.165, 1.54) is 0 Å². The first-order valence-electron chi connectivity index (χ1n) is 7.71. The average molecular weight is 314 g/mol. The molecule has 0 saturated carbocycles. The predicted molar refractivity (Wildman–Crippen MR) is 91.3 cm³/mol. The molecule has 3 rings (SSSR count). The number of benzene rings is 1. The van der Waals surface area contributed by atoms with Gasteiger partial charge in [0.1, 0.15) is 11.6 Å². The molecule has 6 nitrogen and oxygen atoms in total. The van der Waals surface area contributed by atoms with Crippen LogP contribution in [0.5, 0.6) is 5.75 Å². The predicted octanol–water partition coefficient (Wildman–Crippen LogP) is 1.92. The highest BCUT2D eigenvalue weighted by Crippen LogP contribution is 2.35. The van der Waals surface area contributed by atoms with Crippen molar-refractivity contribution in [1.29, 1.82) is 0 Å². The Labute approximate surface area is 136 Å². The fourth-order valence-electron chi connectivity index (χ4n) is 2.78. The first-order chi connectivity index (χ1) is 11.1. The smallest absolute Gasteiger partial charge is 0.227 e. The molecule has 1 aliphatic heterocycles. The topological polar surface area (TPSA) is 61.7 Å². The number of phenolic OH excluding ortho intramolecular Hbond substituents is 1. The number of aromatic nitrogens is 2. The molecule has 2 aromatic rings. The number of likely N-dealkylation sites (N-methyl/N-ethyl adjacent to an activating group) is 2. The van der Waals surface area contributed by atoms with Gasteiger partial charge < -0.3 is 19.6 Å². The van der Waals surface area contributed by atoms with E-state index < -0.39 is 0 Å². The molecule has 1 aromatic heterocycles. The van der Waals surface area contributed by atoms with Crippen molar-refractivity contribution in [3.63, 3.8) is 0 Å². The van der Waals surface area contributed by atoms with Crippen LogP contribution in [-0.2, 0) is 11.2 Å². The van der Waals surface area contributed by atoms with Gasteiger partial charge in [-0.3, -0.25) is 0 Å². The zero-order chi connectivity index (χ0) is 16.4. The second-order valence-corrected chi connectivity index (χ2v) is 5.81. The summed E-state index contributed by atoms with van der Waals surface area (Å²) in [5.41, 5.74) is 2.96. The van der Waals surface area contributed by atoms with Crippen LogP contribution in [0.2, 0.25) is 0 Å². The number of ether oxygens (including phenoxy) is 1. The van der Waals surface area contributed by atoms with Crippen LogP contribution < -0.4 is 9.80 Å². The van der Waals surface area contributed by atoms with E-state index in [9.17, 15) is 5.11 Å². The third-order valence-electron chi connectivity index (χ3n) is 4.12. The molecule has 1 aliphatic rings. The molecule has 0 bridgehead atoms. The van der Waals surface area contributed by atoms with Gasteiger partial charge >= 0.3 is 0 Å². The summed E-state index contributed by atoms with van der Waals surface area (Å²) >= 11 is 0. The molecule has 0 atom stereocenters.